The number of carboxylic acids is 1. The highest BCUT2D eigenvalue weighted by molar-refractivity contribution is 5.97. The fourth-order valence-electron chi connectivity index (χ4n) is 3.15. The van der Waals surface area contributed by atoms with E-state index in [1.165, 1.54) is 11.0 Å². The summed E-state index contributed by atoms with van der Waals surface area (Å²) < 4.78 is 25.2. The molecule has 1 aliphatic heterocycles. The van der Waals surface area contributed by atoms with E-state index in [-0.39, 0.29) is 11.6 Å². The van der Waals surface area contributed by atoms with Crippen molar-refractivity contribution in [2.75, 3.05) is 0 Å². The minimum absolute atomic E-state index is 0.0958. The quantitative estimate of drug-likeness (QED) is 0.920. The molecule has 1 aliphatic rings. The lowest BCUT2D eigenvalue weighted by Crippen LogP contribution is -2.41. The molecule has 0 aliphatic carbocycles. The van der Waals surface area contributed by atoms with Gasteiger partial charge in [0, 0.05) is 6.20 Å². The van der Waals surface area contributed by atoms with Crippen LogP contribution in [0.4, 0.5) is 8.78 Å². The predicted octanol–water partition coefficient (Wildman–Crippen LogP) is 3.45. The molecule has 25 heavy (non-hydrogen) atoms. The molecule has 0 bridgehead atoms. The molecular weight excluding hydrogens is 330 g/mol. The van der Waals surface area contributed by atoms with Crippen molar-refractivity contribution in [1.82, 2.24) is 9.88 Å². The topological polar surface area (TPSA) is 70.5 Å². The summed E-state index contributed by atoms with van der Waals surface area (Å²) >= 11 is 0. The Labute approximate surface area is 142 Å². The van der Waals surface area contributed by atoms with E-state index in [0.29, 0.717) is 12.8 Å². The smallest absolute Gasteiger partial charge is 0.326 e. The fraction of sp³-hybridized carbons (Fsp3) is 0.278. The number of rotatable bonds is 4. The van der Waals surface area contributed by atoms with Crippen LogP contribution in [0.2, 0.25) is 0 Å². The van der Waals surface area contributed by atoms with Crippen LogP contribution in [-0.4, -0.2) is 32.9 Å². The summed E-state index contributed by atoms with van der Waals surface area (Å²) in [6.45, 7) is 0. The molecular formula is C18H16F2N2O3. The third kappa shape index (κ3) is 3.35. The normalized spacial score (nSPS) is 20.0. The number of benzene rings is 1. The second-order valence-electron chi connectivity index (χ2n) is 5.84. The van der Waals surface area contributed by atoms with E-state index >= 15 is 0 Å². The van der Waals surface area contributed by atoms with Crippen molar-refractivity contribution in [3.8, 4) is 0 Å². The SMILES string of the molecule is O=C(O)C1CC[C@@H](c2ccccc2)N1C(=O)c1ccc(C(F)F)nc1. The van der Waals surface area contributed by atoms with Gasteiger partial charge in [-0.1, -0.05) is 30.3 Å². The first-order valence-corrected chi connectivity index (χ1v) is 7.83. The van der Waals surface area contributed by atoms with Gasteiger partial charge in [-0.2, -0.15) is 0 Å². The van der Waals surface area contributed by atoms with Crippen LogP contribution < -0.4 is 0 Å². The Morgan fingerprint density at radius 3 is 2.40 bits per heavy atom. The monoisotopic (exact) mass is 346 g/mol. The van der Waals surface area contributed by atoms with Gasteiger partial charge < -0.3 is 10.0 Å². The molecule has 1 fully saturated rings. The number of halogens is 2. The van der Waals surface area contributed by atoms with Crippen LogP contribution >= 0.6 is 0 Å². The second-order valence-corrected chi connectivity index (χ2v) is 5.84. The average Bonchev–Trinajstić information content (AvgIpc) is 3.07. The summed E-state index contributed by atoms with van der Waals surface area (Å²) in [6, 6.07) is 10.2. The van der Waals surface area contributed by atoms with E-state index in [1.54, 1.807) is 0 Å². The van der Waals surface area contributed by atoms with Gasteiger partial charge in [0.25, 0.3) is 12.3 Å². The number of alkyl halides is 2. The van der Waals surface area contributed by atoms with E-state index < -0.39 is 30.0 Å². The molecule has 130 valence electrons. The van der Waals surface area contributed by atoms with Crippen molar-refractivity contribution in [3.63, 3.8) is 0 Å². The van der Waals surface area contributed by atoms with Crippen LogP contribution in [-0.2, 0) is 4.79 Å². The summed E-state index contributed by atoms with van der Waals surface area (Å²) in [5, 5.41) is 9.45. The summed E-state index contributed by atoms with van der Waals surface area (Å²) in [5.74, 6) is -1.60. The number of amides is 1. The van der Waals surface area contributed by atoms with Crippen LogP contribution in [0.25, 0.3) is 0 Å². The van der Waals surface area contributed by atoms with E-state index in [4.69, 9.17) is 0 Å². The highest BCUT2D eigenvalue weighted by atomic mass is 19.3. The summed E-state index contributed by atoms with van der Waals surface area (Å²) in [6.07, 6.45) is -0.790. The number of nitrogens with zero attached hydrogens (tertiary/aromatic N) is 2. The number of likely N-dealkylation sites (tertiary alicyclic amines) is 1. The maximum atomic E-state index is 12.9. The molecule has 0 radical (unpaired) electrons. The molecule has 0 saturated carbocycles. The number of hydrogen-bond acceptors (Lipinski definition) is 3. The molecule has 2 heterocycles. The van der Waals surface area contributed by atoms with E-state index in [1.807, 2.05) is 30.3 Å². The van der Waals surface area contributed by atoms with Crippen molar-refractivity contribution >= 4 is 11.9 Å². The van der Waals surface area contributed by atoms with Crippen molar-refractivity contribution in [2.24, 2.45) is 0 Å². The van der Waals surface area contributed by atoms with E-state index in [2.05, 4.69) is 4.98 Å². The van der Waals surface area contributed by atoms with Crippen molar-refractivity contribution in [2.45, 2.75) is 31.4 Å². The summed E-state index contributed by atoms with van der Waals surface area (Å²) in [7, 11) is 0. The Kier molecular flexibility index (Phi) is 4.74. The first-order valence-electron chi connectivity index (χ1n) is 7.83. The molecule has 2 aromatic rings. The standard InChI is InChI=1S/C18H16F2N2O3/c19-16(20)13-7-6-12(10-21-13)17(23)22-14(8-9-15(22)18(24)25)11-4-2-1-3-5-11/h1-7,10,14-16H,8-9H2,(H,24,25)/t14-,15?/m0/s1. The van der Waals surface area contributed by atoms with Crippen molar-refractivity contribution in [3.05, 3.63) is 65.5 Å². The number of aromatic nitrogens is 1. The average molecular weight is 346 g/mol. The molecule has 1 aromatic carbocycles. The van der Waals surface area contributed by atoms with Gasteiger partial charge in [-0.15, -0.1) is 0 Å². The van der Waals surface area contributed by atoms with Crippen LogP contribution in [0.1, 0.15) is 46.9 Å². The largest absolute Gasteiger partial charge is 0.480 e. The Bertz CT molecular complexity index is 766. The number of carboxylic acid groups (broad SMARTS) is 1. The first-order chi connectivity index (χ1) is 12.0. The maximum Gasteiger partial charge on any atom is 0.326 e. The number of pyridine rings is 1. The fourth-order valence-corrected chi connectivity index (χ4v) is 3.15. The number of hydrogen-bond donors (Lipinski definition) is 1. The number of carbonyl (C=O) groups is 2. The molecule has 1 aromatic heterocycles. The molecule has 1 N–H and O–H groups in total. The lowest BCUT2D eigenvalue weighted by atomic mass is 10.0. The molecule has 1 amide bonds. The van der Waals surface area contributed by atoms with Gasteiger partial charge in [-0.25, -0.2) is 13.6 Å². The third-order valence-electron chi connectivity index (χ3n) is 4.35. The predicted molar refractivity (Wildman–Crippen MR) is 85.2 cm³/mol. The summed E-state index contributed by atoms with van der Waals surface area (Å²) in [5.41, 5.74) is 0.516. The van der Waals surface area contributed by atoms with Gasteiger partial charge in [0.2, 0.25) is 0 Å². The highest BCUT2D eigenvalue weighted by Gasteiger charge is 2.42. The molecule has 2 atom stereocenters. The third-order valence-corrected chi connectivity index (χ3v) is 4.35. The zero-order chi connectivity index (χ0) is 18.0. The molecule has 5 nitrogen and oxygen atoms in total. The highest BCUT2D eigenvalue weighted by Crippen LogP contribution is 2.37. The molecule has 1 saturated heterocycles. The Hall–Kier alpha value is -2.83. The van der Waals surface area contributed by atoms with Crippen LogP contribution in [0.3, 0.4) is 0 Å². The minimum atomic E-state index is -2.72. The molecule has 3 rings (SSSR count). The Balaban J connectivity index is 1.93. The molecule has 7 heteroatoms. The zero-order valence-electron chi connectivity index (χ0n) is 13.2. The maximum absolute atomic E-state index is 12.9. The van der Waals surface area contributed by atoms with E-state index in [9.17, 15) is 23.5 Å². The Morgan fingerprint density at radius 1 is 1.12 bits per heavy atom. The van der Waals surface area contributed by atoms with Crippen molar-refractivity contribution in [1.29, 1.82) is 0 Å². The van der Waals surface area contributed by atoms with Gasteiger partial charge in [0.05, 0.1) is 11.6 Å². The second kappa shape index (κ2) is 6.96. The molecule has 0 spiro atoms. The first kappa shape index (κ1) is 17.0. The van der Waals surface area contributed by atoms with Crippen LogP contribution in [0.15, 0.2) is 48.7 Å². The van der Waals surface area contributed by atoms with Crippen molar-refractivity contribution < 1.29 is 23.5 Å². The number of carbonyl (C=O) groups excluding carboxylic acids is 1. The van der Waals surface area contributed by atoms with Gasteiger partial charge in [0.1, 0.15) is 11.7 Å². The van der Waals surface area contributed by atoms with Gasteiger partial charge in [-0.05, 0) is 30.5 Å². The number of aliphatic carboxylic acids is 1. The van der Waals surface area contributed by atoms with Gasteiger partial charge in [-0.3, -0.25) is 9.78 Å². The van der Waals surface area contributed by atoms with Gasteiger partial charge in [0.15, 0.2) is 0 Å². The van der Waals surface area contributed by atoms with Crippen LogP contribution in [0.5, 0.6) is 0 Å². The Morgan fingerprint density at radius 2 is 1.84 bits per heavy atom. The van der Waals surface area contributed by atoms with Gasteiger partial charge >= 0.3 is 5.97 Å². The molecule has 1 unspecified atom stereocenters. The lowest BCUT2D eigenvalue weighted by molar-refractivity contribution is -0.141. The van der Waals surface area contributed by atoms with E-state index in [0.717, 1.165) is 17.8 Å². The summed E-state index contributed by atoms with van der Waals surface area (Å²) in [4.78, 5) is 29.3. The zero-order valence-corrected chi connectivity index (χ0v) is 13.2. The minimum Gasteiger partial charge on any atom is -0.480 e. The van der Waals surface area contributed by atoms with Crippen LogP contribution in [0, 0.1) is 0 Å². The lowest BCUT2D eigenvalue weighted by Gasteiger charge is -2.28.